The first kappa shape index (κ1) is 13.5. The van der Waals surface area contributed by atoms with Crippen LogP contribution in [-0.2, 0) is 9.53 Å². The van der Waals surface area contributed by atoms with Crippen LogP contribution in [0.4, 0.5) is 18.9 Å². The monoisotopic (exact) mass is 267 g/mol. The second-order valence-corrected chi connectivity index (χ2v) is 4.11. The van der Waals surface area contributed by atoms with Crippen molar-refractivity contribution in [2.24, 2.45) is 0 Å². The third kappa shape index (κ3) is 2.96. The number of hydrogen-bond donors (Lipinski definition) is 1. The van der Waals surface area contributed by atoms with Crippen molar-refractivity contribution in [3.63, 3.8) is 0 Å². The molecule has 0 aliphatic carbocycles. The number of anilines is 1. The van der Waals surface area contributed by atoms with Crippen LogP contribution >= 0.6 is 11.3 Å². The molecule has 0 saturated heterocycles. The van der Waals surface area contributed by atoms with Gasteiger partial charge in [0.2, 0.25) is 0 Å². The summed E-state index contributed by atoms with van der Waals surface area (Å²) in [6.07, 6.45) is -5.00. The molecular formula is C9H8F3NO3S. The van der Waals surface area contributed by atoms with Gasteiger partial charge in [-0.1, -0.05) is 0 Å². The standard InChI is InChI=1S/C9H8F3NO3S/c1-4-6(7(14)16-2)5(3-17-4)13-8(15)9(10,11)12/h3H,1-2H3,(H,13,15). The fourth-order valence-electron chi connectivity index (χ4n) is 1.10. The van der Waals surface area contributed by atoms with E-state index >= 15 is 0 Å². The Hall–Kier alpha value is -1.57. The molecule has 0 radical (unpaired) electrons. The molecule has 0 bridgehead atoms. The molecule has 0 saturated carbocycles. The molecule has 1 heterocycles. The molecule has 17 heavy (non-hydrogen) atoms. The molecule has 1 rings (SSSR count). The lowest BCUT2D eigenvalue weighted by Crippen LogP contribution is -2.30. The summed E-state index contributed by atoms with van der Waals surface area (Å²) in [7, 11) is 1.11. The van der Waals surface area contributed by atoms with Gasteiger partial charge in [0.1, 0.15) is 0 Å². The van der Waals surface area contributed by atoms with Crippen molar-refractivity contribution in [3.8, 4) is 0 Å². The number of amides is 1. The molecule has 0 spiro atoms. The number of thiophene rings is 1. The Morgan fingerprint density at radius 3 is 2.47 bits per heavy atom. The number of halogens is 3. The second kappa shape index (κ2) is 4.74. The number of nitrogens with one attached hydrogen (secondary N) is 1. The molecular weight excluding hydrogens is 259 g/mol. The summed E-state index contributed by atoms with van der Waals surface area (Å²) in [5.74, 6) is -2.92. The fraction of sp³-hybridized carbons (Fsp3) is 0.333. The minimum absolute atomic E-state index is 0.0601. The molecule has 0 unspecified atom stereocenters. The number of ether oxygens (including phenoxy) is 1. The van der Waals surface area contributed by atoms with Crippen molar-refractivity contribution in [1.82, 2.24) is 0 Å². The Morgan fingerprint density at radius 1 is 1.41 bits per heavy atom. The van der Waals surface area contributed by atoms with Crippen LogP contribution in [0.1, 0.15) is 15.2 Å². The van der Waals surface area contributed by atoms with Crippen molar-refractivity contribution in [3.05, 3.63) is 15.8 Å². The van der Waals surface area contributed by atoms with E-state index in [4.69, 9.17) is 0 Å². The number of aryl methyl sites for hydroxylation is 1. The van der Waals surface area contributed by atoms with Crippen molar-refractivity contribution in [2.75, 3.05) is 12.4 Å². The van der Waals surface area contributed by atoms with Crippen LogP contribution in [-0.4, -0.2) is 25.2 Å². The third-order valence-electron chi connectivity index (χ3n) is 1.87. The Labute approximate surface area is 98.4 Å². The van der Waals surface area contributed by atoms with Crippen molar-refractivity contribution < 1.29 is 27.5 Å². The summed E-state index contributed by atoms with van der Waals surface area (Å²) in [5, 5.41) is 2.89. The first-order chi connectivity index (χ1) is 7.77. The van der Waals surface area contributed by atoms with Crippen LogP contribution < -0.4 is 5.32 Å². The van der Waals surface area contributed by atoms with E-state index in [9.17, 15) is 22.8 Å². The predicted molar refractivity (Wildman–Crippen MR) is 55.1 cm³/mol. The lowest BCUT2D eigenvalue weighted by atomic mass is 10.2. The Morgan fingerprint density at radius 2 is 2.00 bits per heavy atom. The maximum Gasteiger partial charge on any atom is 0.471 e. The Kier molecular flexibility index (Phi) is 3.76. The fourth-order valence-corrected chi connectivity index (χ4v) is 1.88. The number of carbonyl (C=O) groups excluding carboxylic acids is 2. The highest BCUT2D eigenvalue weighted by Crippen LogP contribution is 2.28. The zero-order valence-corrected chi connectivity index (χ0v) is 9.66. The first-order valence-corrected chi connectivity index (χ1v) is 5.20. The van der Waals surface area contributed by atoms with E-state index in [1.54, 1.807) is 12.2 Å². The van der Waals surface area contributed by atoms with E-state index in [2.05, 4.69) is 4.74 Å². The second-order valence-electron chi connectivity index (χ2n) is 3.02. The topological polar surface area (TPSA) is 55.4 Å². The van der Waals surface area contributed by atoms with E-state index in [1.807, 2.05) is 0 Å². The number of alkyl halides is 3. The van der Waals surface area contributed by atoms with Crippen LogP contribution in [0.5, 0.6) is 0 Å². The molecule has 0 aliphatic heterocycles. The normalized spacial score (nSPS) is 11.1. The molecule has 0 fully saturated rings. The maximum absolute atomic E-state index is 12.0. The Bertz CT molecular complexity index is 453. The summed E-state index contributed by atoms with van der Waals surface area (Å²) in [4.78, 5) is 22.5. The van der Waals surface area contributed by atoms with Gasteiger partial charge in [0, 0.05) is 10.3 Å². The van der Waals surface area contributed by atoms with Crippen LogP contribution in [0.25, 0.3) is 0 Å². The average molecular weight is 267 g/mol. The number of carbonyl (C=O) groups is 2. The number of esters is 1. The lowest BCUT2D eigenvalue weighted by Gasteiger charge is -2.08. The van der Waals surface area contributed by atoms with Gasteiger partial charge in [0.15, 0.2) is 0 Å². The number of hydrogen-bond acceptors (Lipinski definition) is 4. The van der Waals surface area contributed by atoms with Gasteiger partial charge in [-0.25, -0.2) is 4.79 Å². The highest BCUT2D eigenvalue weighted by Gasteiger charge is 2.39. The van der Waals surface area contributed by atoms with Crippen molar-refractivity contribution in [2.45, 2.75) is 13.1 Å². The first-order valence-electron chi connectivity index (χ1n) is 4.32. The smallest absolute Gasteiger partial charge is 0.465 e. The third-order valence-corrected chi connectivity index (χ3v) is 2.78. The summed E-state index contributed by atoms with van der Waals surface area (Å²) < 4.78 is 40.5. The molecule has 1 aromatic heterocycles. The van der Waals surface area contributed by atoms with Gasteiger partial charge in [-0.15, -0.1) is 11.3 Å². The number of methoxy groups -OCH3 is 1. The van der Waals surface area contributed by atoms with Crippen LogP contribution in [0.15, 0.2) is 5.38 Å². The largest absolute Gasteiger partial charge is 0.471 e. The van der Waals surface area contributed by atoms with Gasteiger partial charge < -0.3 is 10.1 Å². The molecule has 8 heteroatoms. The van der Waals surface area contributed by atoms with E-state index in [1.165, 1.54) is 5.38 Å². The van der Waals surface area contributed by atoms with Crippen LogP contribution in [0.2, 0.25) is 0 Å². The van der Waals surface area contributed by atoms with E-state index < -0.39 is 18.1 Å². The van der Waals surface area contributed by atoms with Gasteiger partial charge >= 0.3 is 18.1 Å². The van der Waals surface area contributed by atoms with Gasteiger partial charge in [-0.2, -0.15) is 13.2 Å². The minimum atomic E-state index is -5.00. The molecule has 4 nitrogen and oxygen atoms in total. The van der Waals surface area contributed by atoms with Gasteiger partial charge in [0.05, 0.1) is 18.4 Å². The van der Waals surface area contributed by atoms with E-state index in [0.717, 1.165) is 18.4 Å². The molecule has 94 valence electrons. The van der Waals surface area contributed by atoms with Crippen LogP contribution in [0.3, 0.4) is 0 Å². The zero-order valence-electron chi connectivity index (χ0n) is 8.84. The van der Waals surface area contributed by atoms with E-state index in [0.29, 0.717) is 4.88 Å². The van der Waals surface area contributed by atoms with Gasteiger partial charge in [0.25, 0.3) is 0 Å². The highest BCUT2D eigenvalue weighted by atomic mass is 32.1. The molecule has 1 aromatic rings. The zero-order chi connectivity index (χ0) is 13.2. The van der Waals surface area contributed by atoms with Crippen molar-refractivity contribution >= 4 is 28.9 Å². The summed E-state index contributed by atoms with van der Waals surface area (Å²) >= 11 is 1.04. The van der Waals surface area contributed by atoms with Crippen molar-refractivity contribution in [1.29, 1.82) is 0 Å². The minimum Gasteiger partial charge on any atom is -0.465 e. The summed E-state index contributed by atoms with van der Waals surface area (Å²) in [6.45, 7) is 1.54. The molecule has 0 atom stereocenters. The van der Waals surface area contributed by atoms with Gasteiger partial charge in [-0.05, 0) is 6.92 Å². The maximum atomic E-state index is 12.0. The average Bonchev–Trinajstić information content (AvgIpc) is 2.57. The predicted octanol–water partition coefficient (Wildman–Crippen LogP) is 2.34. The number of rotatable bonds is 2. The molecule has 0 aliphatic rings. The lowest BCUT2D eigenvalue weighted by molar-refractivity contribution is -0.167. The highest BCUT2D eigenvalue weighted by molar-refractivity contribution is 7.10. The molecule has 1 N–H and O–H groups in total. The van der Waals surface area contributed by atoms with Crippen LogP contribution in [0, 0.1) is 6.92 Å². The van der Waals surface area contributed by atoms with E-state index in [-0.39, 0.29) is 11.3 Å². The SMILES string of the molecule is COC(=O)c1c(NC(=O)C(F)(F)F)csc1C. The summed E-state index contributed by atoms with van der Waals surface area (Å²) in [5.41, 5.74) is -0.253. The molecule has 1 amide bonds. The quantitative estimate of drug-likeness (QED) is 0.837. The van der Waals surface area contributed by atoms with Gasteiger partial charge in [-0.3, -0.25) is 4.79 Å². The Balaban J connectivity index is 3.01. The summed E-state index contributed by atoms with van der Waals surface area (Å²) in [6, 6.07) is 0. The molecule has 0 aromatic carbocycles.